The largest absolute Gasteiger partial charge is 0.497 e. The predicted molar refractivity (Wildman–Crippen MR) is 101 cm³/mol. The van der Waals surface area contributed by atoms with E-state index in [2.05, 4.69) is 5.32 Å². The summed E-state index contributed by atoms with van der Waals surface area (Å²) >= 11 is 6.76. The van der Waals surface area contributed by atoms with Crippen molar-refractivity contribution < 1.29 is 19.4 Å². The van der Waals surface area contributed by atoms with Crippen LogP contribution in [0.2, 0.25) is 5.02 Å². The number of rotatable bonds is 7. The number of benzene rings is 2. The summed E-state index contributed by atoms with van der Waals surface area (Å²) in [4.78, 5) is 23.4. The number of aliphatic carboxylic acids is 1. The van der Waals surface area contributed by atoms with Crippen LogP contribution >= 0.6 is 23.4 Å². The first-order valence-electron chi connectivity index (χ1n) is 7.25. The Morgan fingerprint density at radius 1 is 1.16 bits per heavy atom. The summed E-state index contributed by atoms with van der Waals surface area (Å²) in [5.74, 6) is -0.709. The Labute approximate surface area is 154 Å². The van der Waals surface area contributed by atoms with Gasteiger partial charge >= 0.3 is 5.97 Å². The quantitative estimate of drug-likeness (QED) is 0.709. The first-order chi connectivity index (χ1) is 12.0. The third-order valence-corrected chi connectivity index (χ3v) is 4.37. The van der Waals surface area contributed by atoms with Gasteiger partial charge in [-0.2, -0.15) is 0 Å². The molecule has 2 aromatic rings. The molecule has 0 atom stereocenters. The van der Waals surface area contributed by atoms with E-state index in [-0.39, 0.29) is 16.6 Å². The summed E-state index contributed by atoms with van der Waals surface area (Å²) in [5, 5.41) is 12.6. The van der Waals surface area contributed by atoms with Gasteiger partial charge in [0.25, 0.3) is 0 Å². The molecule has 0 aliphatic rings. The number of ether oxygens (including phenoxy) is 1. The van der Waals surface area contributed by atoms with E-state index in [1.54, 1.807) is 55.6 Å². The Morgan fingerprint density at radius 3 is 2.36 bits per heavy atom. The van der Waals surface area contributed by atoms with Crippen LogP contribution in [0.15, 0.2) is 53.4 Å². The summed E-state index contributed by atoms with van der Waals surface area (Å²) in [6.07, 6.45) is 1.50. The summed E-state index contributed by atoms with van der Waals surface area (Å²) in [5.41, 5.74) is 1.31. The number of carboxylic acids is 1. The predicted octanol–water partition coefficient (Wildman–Crippen LogP) is 4.15. The fraction of sp³-hybridized carbons (Fsp3) is 0.111. The molecule has 0 spiro atoms. The third kappa shape index (κ3) is 6.17. The molecule has 0 bridgehead atoms. The van der Waals surface area contributed by atoms with Gasteiger partial charge in [0.05, 0.1) is 17.8 Å². The van der Waals surface area contributed by atoms with E-state index in [4.69, 9.17) is 16.3 Å². The van der Waals surface area contributed by atoms with Crippen molar-refractivity contribution in [2.24, 2.45) is 0 Å². The lowest BCUT2D eigenvalue weighted by molar-refractivity contribution is -0.131. The van der Waals surface area contributed by atoms with Gasteiger partial charge in [-0.25, -0.2) is 4.79 Å². The fourth-order valence-corrected chi connectivity index (χ4v) is 2.72. The van der Waals surface area contributed by atoms with Gasteiger partial charge in [-0.05, 0) is 48.0 Å². The van der Waals surface area contributed by atoms with E-state index >= 15 is 0 Å². The van der Waals surface area contributed by atoms with Crippen molar-refractivity contribution in [3.8, 4) is 5.75 Å². The first kappa shape index (κ1) is 18.9. The number of halogens is 1. The lowest BCUT2D eigenvalue weighted by Gasteiger charge is -2.07. The summed E-state index contributed by atoms with van der Waals surface area (Å²) in [6.45, 7) is 0. The maximum absolute atomic E-state index is 12.0. The van der Waals surface area contributed by atoms with Gasteiger partial charge < -0.3 is 15.2 Å². The Morgan fingerprint density at radius 2 is 1.80 bits per heavy atom. The molecule has 0 aromatic heterocycles. The monoisotopic (exact) mass is 377 g/mol. The van der Waals surface area contributed by atoms with E-state index < -0.39 is 5.97 Å². The Bertz CT molecular complexity index is 773. The number of hydrogen-bond donors (Lipinski definition) is 2. The normalized spacial score (nSPS) is 11.0. The van der Waals surface area contributed by atoms with E-state index in [0.29, 0.717) is 22.0 Å². The van der Waals surface area contributed by atoms with Gasteiger partial charge in [-0.1, -0.05) is 23.7 Å². The van der Waals surface area contributed by atoms with Crippen molar-refractivity contribution in [1.82, 2.24) is 0 Å². The molecule has 25 heavy (non-hydrogen) atoms. The maximum Gasteiger partial charge on any atom is 0.342 e. The Hall–Kier alpha value is -2.44. The van der Waals surface area contributed by atoms with Crippen LogP contribution < -0.4 is 10.1 Å². The second-order valence-corrected chi connectivity index (χ2v) is 6.38. The van der Waals surface area contributed by atoms with E-state index in [9.17, 15) is 14.7 Å². The van der Waals surface area contributed by atoms with E-state index in [1.165, 1.54) is 6.08 Å². The topological polar surface area (TPSA) is 75.6 Å². The van der Waals surface area contributed by atoms with Crippen LogP contribution in [0.25, 0.3) is 6.08 Å². The number of carboxylic acid groups (broad SMARTS) is 1. The van der Waals surface area contributed by atoms with Crippen molar-refractivity contribution in [1.29, 1.82) is 0 Å². The Kier molecular flexibility index (Phi) is 6.91. The highest BCUT2D eigenvalue weighted by atomic mass is 35.5. The number of carbonyl (C=O) groups excluding carboxylic acids is 1. The molecule has 0 unspecified atom stereocenters. The lowest BCUT2D eigenvalue weighted by atomic mass is 10.2. The highest BCUT2D eigenvalue weighted by Gasteiger charge is 2.12. The molecule has 130 valence electrons. The summed E-state index contributed by atoms with van der Waals surface area (Å²) < 4.78 is 5.05. The summed E-state index contributed by atoms with van der Waals surface area (Å²) in [6, 6.07) is 13.7. The molecule has 0 saturated carbocycles. The van der Waals surface area contributed by atoms with Gasteiger partial charge in [-0.3, -0.25) is 4.79 Å². The second kappa shape index (κ2) is 9.15. The van der Waals surface area contributed by atoms with Gasteiger partial charge in [-0.15, -0.1) is 11.8 Å². The van der Waals surface area contributed by atoms with Crippen molar-refractivity contribution in [2.45, 2.75) is 0 Å². The molecule has 0 aliphatic carbocycles. The van der Waals surface area contributed by atoms with Crippen LogP contribution in [-0.2, 0) is 9.59 Å². The molecule has 7 heteroatoms. The van der Waals surface area contributed by atoms with Gasteiger partial charge in [0, 0.05) is 10.7 Å². The van der Waals surface area contributed by atoms with Crippen LogP contribution in [0, 0.1) is 0 Å². The number of nitrogens with one attached hydrogen (secondary N) is 1. The van der Waals surface area contributed by atoms with Crippen LogP contribution in [0.3, 0.4) is 0 Å². The molecule has 0 heterocycles. The molecular formula is C18H16ClNO4S. The van der Waals surface area contributed by atoms with Crippen LogP contribution in [0.1, 0.15) is 5.56 Å². The lowest BCUT2D eigenvalue weighted by Crippen LogP contribution is -2.14. The van der Waals surface area contributed by atoms with Gasteiger partial charge in [0.1, 0.15) is 5.75 Å². The van der Waals surface area contributed by atoms with Crippen LogP contribution in [0.4, 0.5) is 5.69 Å². The fourth-order valence-electron chi connectivity index (χ4n) is 1.89. The first-order valence-corrected chi connectivity index (χ1v) is 8.61. The summed E-state index contributed by atoms with van der Waals surface area (Å²) in [7, 11) is 1.56. The highest BCUT2D eigenvalue weighted by Crippen LogP contribution is 2.21. The standard InChI is InChI=1S/C18H16ClNO4S/c1-24-15-8-6-14(7-9-15)20-17(21)11-25-16(18(22)23)10-12-2-4-13(19)5-3-12/h2-10H,11H2,1H3,(H,20,21)(H,22,23)/b16-10+. The second-order valence-electron chi connectivity index (χ2n) is 4.93. The minimum atomic E-state index is -1.09. The molecule has 2 rings (SSSR count). The SMILES string of the molecule is COc1ccc(NC(=O)CS/C(=C/c2ccc(Cl)cc2)C(=O)O)cc1. The molecule has 0 fully saturated rings. The zero-order valence-electron chi connectivity index (χ0n) is 13.4. The molecule has 5 nitrogen and oxygen atoms in total. The van der Waals surface area contributed by atoms with Gasteiger partial charge in [0.15, 0.2) is 0 Å². The van der Waals surface area contributed by atoms with Gasteiger partial charge in [0.2, 0.25) is 5.91 Å². The maximum atomic E-state index is 12.0. The van der Waals surface area contributed by atoms with E-state index in [0.717, 1.165) is 11.8 Å². The Balaban J connectivity index is 1.96. The average molecular weight is 378 g/mol. The molecule has 0 saturated heterocycles. The zero-order valence-corrected chi connectivity index (χ0v) is 14.9. The highest BCUT2D eigenvalue weighted by molar-refractivity contribution is 8.04. The smallest absolute Gasteiger partial charge is 0.342 e. The van der Waals surface area contributed by atoms with Crippen molar-refractivity contribution in [3.05, 3.63) is 64.0 Å². The third-order valence-electron chi connectivity index (χ3n) is 3.11. The molecular weight excluding hydrogens is 362 g/mol. The van der Waals surface area contributed by atoms with Crippen LogP contribution in [0.5, 0.6) is 5.75 Å². The van der Waals surface area contributed by atoms with Crippen molar-refractivity contribution >= 4 is 47.0 Å². The average Bonchev–Trinajstić information content (AvgIpc) is 2.60. The van der Waals surface area contributed by atoms with Crippen molar-refractivity contribution in [3.63, 3.8) is 0 Å². The number of thioether (sulfide) groups is 1. The molecule has 2 N–H and O–H groups in total. The number of amides is 1. The number of carbonyl (C=O) groups is 2. The van der Waals surface area contributed by atoms with Crippen LogP contribution in [-0.4, -0.2) is 29.8 Å². The zero-order chi connectivity index (χ0) is 18.2. The number of anilines is 1. The minimum absolute atomic E-state index is 0.0161. The van der Waals surface area contributed by atoms with Crippen molar-refractivity contribution in [2.75, 3.05) is 18.2 Å². The van der Waals surface area contributed by atoms with E-state index in [1.807, 2.05) is 0 Å². The molecule has 0 aliphatic heterocycles. The number of methoxy groups -OCH3 is 1. The number of hydrogen-bond acceptors (Lipinski definition) is 4. The molecule has 0 radical (unpaired) electrons. The molecule has 1 amide bonds. The minimum Gasteiger partial charge on any atom is -0.497 e. The molecule has 2 aromatic carbocycles.